The molecule has 114 valence electrons. The van der Waals surface area contributed by atoms with E-state index in [1.54, 1.807) is 0 Å². The second kappa shape index (κ2) is 5.15. The number of nitrogens with one attached hydrogen (secondary N) is 1. The first-order valence-electron chi connectivity index (χ1n) is 5.49. The van der Waals surface area contributed by atoms with Crippen molar-refractivity contribution in [2.24, 2.45) is 0 Å². The summed E-state index contributed by atoms with van der Waals surface area (Å²) in [5.74, 6) is -1.10. The Kier molecular flexibility index (Phi) is 3.80. The summed E-state index contributed by atoms with van der Waals surface area (Å²) < 4.78 is 61.0. The molecule has 21 heavy (non-hydrogen) atoms. The molecule has 0 aliphatic carbocycles. The summed E-state index contributed by atoms with van der Waals surface area (Å²) in [5, 5.41) is 12.8. The van der Waals surface area contributed by atoms with Gasteiger partial charge in [0.25, 0.3) is 20.2 Å². The summed E-state index contributed by atoms with van der Waals surface area (Å²) in [4.78, 5) is -0.453. The number of phenols is 1. The standard InChI is InChI=1S/C11H11NO7S2/c13-11-5-9(21(17,18)19)3-7-1-2-8(4-10(7)11)12-6-20(14,15)16/h1-5,12-13H,6H2,(H,14,15,16)(H,17,18,19). The van der Waals surface area contributed by atoms with Gasteiger partial charge in [-0.3, -0.25) is 9.11 Å². The van der Waals surface area contributed by atoms with E-state index in [-0.39, 0.29) is 5.39 Å². The molecule has 0 spiro atoms. The van der Waals surface area contributed by atoms with E-state index in [0.717, 1.165) is 12.1 Å². The first-order valence-corrected chi connectivity index (χ1v) is 8.54. The third kappa shape index (κ3) is 3.82. The maximum absolute atomic E-state index is 11.0. The quantitative estimate of drug-likeness (QED) is 0.608. The number of anilines is 1. The summed E-state index contributed by atoms with van der Waals surface area (Å²) in [7, 11) is -8.64. The second-order valence-corrected chi connectivity index (χ2v) is 7.13. The van der Waals surface area contributed by atoms with Crippen molar-refractivity contribution in [1.82, 2.24) is 0 Å². The maximum atomic E-state index is 11.0. The van der Waals surface area contributed by atoms with Crippen molar-refractivity contribution in [3.63, 3.8) is 0 Å². The Labute approximate surface area is 120 Å². The van der Waals surface area contributed by atoms with Crippen LogP contribution in [0.5, 0.6) is 5.75 Å². The van der Waals surface area contributed by atoms with Crippen molar-refractivity contribution in [1.29, 1.82) is 0 Å². The van der Waals surface area contributed by atoms with Crippen molar-refractivity contribution in [3.05, 3.63) is 30.3 Å². The van der Waals surface area contributed by atoms with Crippen molar-refractivity contribution >= 4 is 36.7 Å². The topological polar surface area (TPSA) is 141 Å². The van der Waals surface area contributed by atoms with E-state index in [1.165, 1.54) is 18.2 Å². The molecule has 0 atom stereocenters. The van der Waals surface area contributed by atoms with E-state index in [1.807, 2.05) is 0 Å². The molecule has 0 aliphatic heterocycles. The summed E-state index contributed by atoms with van der Waals surface area (Å²) in [6.45, 7) is 0. The average molecular weight is 333 g/mol. The van der Waals surface area contributed by atoms with Crippen LogP contribution in [-0.4, -0.2) is 36.9 Å². The van der Waals surface area contributed by atoms with Crippen LogP contribution in [0.4, 0.5) is 5.69 Å². The molecule has 0 amide bonds. The number of rotatable bonds is 4. The predicted octanol–water partition coefficient (Wildman–Crippen LogP) is 1.05. The molecule has 0 saturated heterocycles. The van der Waals surface area contributed by atoms with Crippen LogP contribution in [0.25, 0.3) is 10.8 Å². The minimum absolute atomic E-state index is 0.253. The van der Waals surface area contributed by atoms with Crippen LogP contribution in [0.15, 0.2) is 35.2 Å². The zero-order chi connectivity index (χ0) is 15.8. The van der Waals surface area contributed by atoms with Crippen LogP contribution in [0.3, 0.4) is 0 Å². The lowest BCUT2D eigenvalue weighted by molar-refractivity contribution is 0.471. The van der Waals surface area contributed by atoms with Crippen LogP contribution in [0.2, 0.25) is 0 Å². The molecule has 0 unspecified atom stereocenters. The monoisotopic (exact) mass is 333 g/mol. The van der Waals surface area contributed by atoms with Gasteiger partial charge in [-0.05, 0) is 23.6 Å². The molecule has 0 bridgehead atoms. The Hall–Kier alpha value is -1.88. The molecular weight excluding hydrogens is 322 g/mol. The Morgan fingerprint density at radius 1 is 1.00 bits per heavy atom. The van der Waals surface area contributed by atoms with Crippen LogP contribution in [-0.2, 0) is 20.2 Å². The molecule has 8 nitrogen and oxygen atoms in total. The lowest BCUT2D eigenvalue weighted by Crippen LogP contribution is -2.12. The van der Waals surface area contributed by atoms with Gasteiger partial charge in [-0.2, -0.15) is 16.8 Å². The number of hydrogen-bond acceptors (Lipinski definition) is 6. The number of fused-ring (bicyclic) bond motifs is 1. The van der Waals surface area contributed by atoms with E-state index in [9.17, 15) is 21.9 Å². The highest BCUT2D eigenvalue weighted by Gasteiger charge is 2.13. The predicted molar refractivity (Wildman–Crippen MR) is 75.5 cm³/mol. The zero-order valence-electron chi connectivity index (χ0n) is 10.4. The third-order valence-electron chi connectivity index (χ3n) is 2.66. The molecule has 2 rings (SSSR count). The maximum Gasteiger partial charge on any atom is 0.294 e. The van der Waals surface area contributed by atoms with Crippen molar-refractivity contribution in [2.75, 3.05) is 11.2 Å². The minimum atomic E-state index is -4.44. The van der Waals surface area contributed by atoms with E-state index < -0.39 is 36.8 Å². The molecule has 10 heteroatoms. The van der Waals surface area contributed by atoms with E-state index in [4.69, 9.17) is 9.11 Å². The number of benzene rings is 2. The van der Waals surface area contributed by atoms with Gasteiger partial charge < -0.3 is 10.4 Å². The van der Waals surface area contributed by atoms with E-state index >= 15 is 0 Å². The Balaban J connectivity index is 2.48. The SMILES string of the molecule is O=S(=O)(O)CNc1ccc2cc(S(=O)(=O)O)cc(O)c2c1. The van der Waals surface area contributed by atoms with Crippen LogP contribution < -0.4 is 5.32 Å². The molecule has 0 saturated carbocycles. The molecule has 2 aromatic rings. The fourth-order valence-corrected chi connectivity index (χ4v) is 2.63. The van der Waals surface area contributed by atoms with Gasteiger partial charge in [-0.1, -0.05) is 6.07 Å². The molecular formula is C11H11NO7S2. The summed E-state index contributed by atoms with van der Waals surface area (Å²) in [6.07, 6.45) is 0. The fourth-order valence-electron chi connectivity index (χ4n) is 1.74. The fraction of sp³-hybridized carbons (Fsp3) is 0.0909. The largest absolute Gasteiger partial charge is 0.507 e. The number of aromatic hydroxyl groups is 1. The van der Waals surface area contributed by atoms with Gasteiger partial charge in [0.05, 0.1) is 4.90 Å². The van der Waals surface area contributed by atoms with Gasteiger partial charge in [0.1, 0.15) is 11.6 Å². The molecule has 4 N–H and O–H groups in total. The van der Waals surface area contributed by atoms with Gasteiger partial charge in [0.15, 0.2) is 0 Å². The highest BCUT2D eigenvalue weighted by Crippen LogP contribution is 2.30. The lowest BCUT2D eigenvalue weighted by atomic mass is 10.1. The third-order valence-corrected chi connectivity index (χ3v) is 4.00. The van der Waals surface area contributed by atoms with E-state index in [2.05, 4.69) is 5.32 Å². The van der Waals surface area contributed by atoms with Crippen LogP contribution in [0, 0.1) is 0 Å². The summed E-state index contributed by atoms with van der Waals surface area (Å²) >= 11 is 0. The second-order valence-electron chi connectivity index (χ2n) is 4.26. The summed E-state index contributed by atoms with van der Waals surface area (Å²) in [5.41, 5.74) is 0.301. The van der Waals surface area contributed by atoms with Gasteiger partial charge in [-0.15, -0.1) is 0 Å². The Morgan fingerprint density at radius 3 is 2.24 bits per heavy atom. The molecule has 2 aromatic carbocycles. The first-order chi connectivity index (χ1) is 9.56. The number of phenolic OH excluding ortho intramolecular Hbond substituents is 1. The van der Waals surface area contributed by atoms with Crippen molar-refractivity contribution in [3.8, 4) is 5.75 Å². The van der Waals surface area contributed by atoms with E-state index in [0.29, 0.717) is 11.1 Å². The molecule has 0 fully saturated rings. The van der Waals surface area contributed by atoms with Crippen molar-refractivity contribution < 1.29 is 31.0 Å². The Morgan fingerprint density at radius 2 is 1.67 bits per heavy atom. The molecule has 0 radical (unpaired) electrons. The average Bonchev–Trinajstić information content (AvgIpc) is 2.34. The lowest BCUT2D eigenvalue weighted by Gasteiger charge is -2.08. The van der Waals surface area contributed by atoms with Crippen LogP contribution >= 0.6 is 0 Å². The van der Waals surface area contributed by atoms with Gasteiger partial charge in [0, 0.05) is 17.1 Å². The van der Waals surface area contributed by atoms with Crippen LogP contribution in [0.1, 0.15) is 0 Å². The van der Waals surface area contributed by atoms with Gasteiger partial charge in [0.2, 0.25) is 0 Å². The van der Waals surface area contributed by atoms with Gasteiger partial charge in [-0.25, -0.2) is 0 Å². The van der Waals surface area contributed by atoms with Crippen molar-refractivity contribution in [2.45, 2.75) is 4.90 Å². The molecule has 0 heterocycles. The summed E-state index contributed by atoms with van der Waals surface area (Å²) in [6, 6.07) is 6.28. The molecule has 0 aliphatic rings. The molecule has 0 aromatic heterocycles. The smallest absolute Gasteiger partial charge is 0.294 e. The highest BCUT2D eigenvalue weighted by molar-refractivity contribution is 7.86. The minimum Gasteiger partial charge on any atom is -0.507 e. The Bertz CT molecular complexity index is 904. The van der Waals surface area contributed by atoms with Gasteiger partial charge >= 0.3 is 0 Å². The zero-order valence-corrected chi connectivity index (χ0v) is 12.0. The first kappa shape index (κ1) is 15.5. The number of hydrogen-bond donors (Lipinski definition) is 4. The normalized spacial score (nSPS) is 12.5. The highest BCUT2D eigenvalue weighted by atomic mass is 32.2.